The second-order valence-electron chi connectivity index (χ2n) is 18.5. The molecule has 69 heavy (non-hydrogen) atoms. The summed E-state index contributed by atoms with van der Waals surface area (Å²) in [4.78, 5) is 26.4. The molecule has 5 aromatic rings. The van der Waals surface area contributed by atoms with Crippen LogP contribution in [-0.4, -0.2) is 29.9 Å². The van der Waals surface area contributed by atoms with Gasteiger partial charge in [0.2, 0.25) is 0 Å². The molecule has 0 fully saturated rings. The van der Waals surface area contributed by atoms with Gasteiger partial charge in [-0.05, 0) is 76.7 Å². The Bertz CT molecular complexity index is 1530. The highest BCUT2D eigenvalue weighted by Crippen LogP contribution is 2.24. The minimum absolute atomic E-state index is 0.420. The molecule has 0 aliphatic rings. The van der Waals surface area contributed by atoms with Crippen LogP contribution in [-0.2, 0) is 0 Å². The van der Waals surface area contributed by atoms with Crippen molar-refractivity contribution in [3.05, 3.63) is 129 Å². The van der Waals surface area contributed by atoms with Crippen LogP contribution in [0.3, 0.4) is 0 Å². The maximum absolute atomic E-state index is 4.57. The third-order valence-electron chi connectivity index (χ3n) is 9.50. The molecule has 0 atom stereocenters. The van der Waals surface area contributed by atoms with Crippen molar-refractivity contribution in [1.82, 2.24) is 29.9 Å². The average Bonchev–Trinajstić information content (AvgIpc) is 3.88. The SMILES string of the molecule is CC.CC.CC.CC.CC.CC(C)c1cccc(C(C)C)c1.CC(C)c1cccc(C(C)C)n1.CC(C)c1ccnc(C(C)C)n1.CC(C)c1cncc(C(C)C)n1.CC(C)c1csc(C(C)C)n1. The van der Waals surface area contributed by atoms with Gasteiger partial charge in [0.05, 0.1) is 22.1 Å². The van der Waals surface area contributed by atoms with E-state index in [0.29, 0.717) is 59.2 Å². The molecule has 0 radical (unpaired) electrons. The van der Waals surface area contributed by atoms with Crippen molar-refractivity contribution in [1.29, 1.82) is 0 Å². The van der Waals surface area contributed by atoms with Gasteiger partial charge in [-0.25, -0.2) is 15.0 Å². The van der Waals surface area contributed by atoms with Crippen molar-refractivity contribution in [3.63, 3.8) is 0 Å². The number of pyridine rings is 1. The molecule has 0 amide bonds. The van der Waals surface area contributed by atoms with Crippen LogP contribution in [0, 0.1) is 0 Å². The van der Waals surface area contributed by atoms with Crippen LogP contribution in [0.1, 0.15) is 323 Å². The summed E-state index contributed by atoms with van der Waals surface area (Å²) in [5.74, 6) is 6.29. The molecule has 0 N–H and O–H groups in total. The summed E-state index contributed by atoms with van der Waals surface area (Å²) in [7, 11) is 0. The van der Waals surface area contributed by atoms with Gasteiger partial charge in [0, 0.05) is 52.9 Å². The van der Waals surface area contributed by atoms with E-state index in [9.17, 15) is 0 Å². The van der Waals surface area contributed by atoms with E-state index in [0.717, 1.165) is 22.9 Å². The van der Waals surface area contributed by atoms with E-state index in [4.69, 9.17) is 0 Å². The van der Waals surface area contributed by atoms with E-state index in [-0.39, 0.29) is 0 Å². The van der Waals surface area contributed by atoms with Gasteiger partial charge in [0.15, 0.2) is 0 Å². The van der Waals surface area contributed by atoms with Crippen LogP contribution >= 0.6 is 11.3 Å². The molecule has 5 rings (SSSR count). The zero-order valence-electron chi connectivity index (χ0n) is 50.8. The Labute approximate surface area is 434 Å². The second kappa shape index (κ2) is 45.3. The van der Waals surface area contributed by atoms with Gasteiger partial charge in [-0.15, -0.1) is 11.3 Å². The topological polar surface area (TPSA) is 77.3 Å². The lowest BCUT2D eigenvalue weighted by Crippen LogP contribution is -2.01. The molecule has 0 bridgehead atoms. The number of benzene rings is 1. The lowest BCUT2D eigenvalue weighted by Gasteiger charge is -2.09. The van der Waals surface area contributed by atoms with E-state index >= 15 is 0 Å². The first-order chi connectivity index (χ1) is 32.5. The third-order valence-corrected chi connectivity index (χ3v) is 10.7. The maximum Gasteiger partial charge on any atom is 0.131 e. The van der Waals surface area contributed by atoms with Crippen molar-refractivity contribution in [2.75, 3.05) is 0 Å². The Balaban J connectivity index is -0.000000236. The molecule has 0 unspecified atom stereocenters. The highest BCUT2D eigenvalue weighted by molar-refractivity contribution is 7.09. The molecule has 0 spiro atoms. The van der Waals surface area contributed by atoms with Crippen molar-refractivity contribution in [2.24, 2.45) is 0 Å². The largest absolute Gasteiger partial charge is 0.261 e. The molecule has 4 aromatic heterocycles. The molecular formula is C62H112N6S. The van der Waals surface area contributed by atoms with Crippen molar-refractivity contribution in [2.45, 2.75) is 267 Å². The Hall–Kier alpha value is -3.84. The highest BCUT2D eigenvalue weighted by atomic mass is 32.1. The lowest BCUT2D eigenvalue weighted by atomic mass is 9.96. The van der Waals surface area contributed by atoms with Crippen molar-refractivity contribution < 1.29 is 0 Å². The molecule has 0 aliphatic heterocycles. The van der Waals surface area contributed by atoms with E-state index < -0.39 is 0 Å². The van der Waals surface area contributed by atoms with Crippen LogP contribution in [0.2, 0.25) is 0 Å². The fraction of sp³-hybridized carbons (Fsp3) is 0.645. The second-order valence-corrected chi connectivity index (χ2v) is 19.4. The van der Waals surface area contributed by atoms with E-state index in [1.807, 2.05) is 93.9 Å². The summed E-state index contributed by atoms with van der Waals surface area (Å²) in [5, 5.41) is 3.42. The standard InChI is InChI=1S/C12H18.C11H17N.2C10H16N2.C9H15NS.5C2H6/c1-9(2)11-6-5-7-12(8-11)10(3)4;1-8(2)10-6-5-7-11(12-10)9(3)4;1-7(2)9-5-11-6-10(12-9)8(3)4;1-7(2)9-5-6-11-10(12-9)8(3)4;1-6(2)8-5-11-9(10-8)7(3)4;5*1-2/h5-10H,1-4H3;5-9H,1-4H3;2*5-8H,1-4H3;5-7H,1-4H3;5*1-2H3. The molecule has 7 heteroatoms. The first-order valence-electron chi connectivity index (χ1n) is 27.2. The van der Waals surface area contributed by atoms with Crippen LogP contribution < -0.4 is 0 Å². The number of rotatable bonds is 10. The Kier molecular flexibility index (Phi) is 48.7. The van der Waals surface area contributed by atoms with Crippen LogP contribution in [0.15, 0.2) is 72.5 Å². The zero-order valence-corrected chi connectivity index (χ0v) is 51.6. The Morgan fingerprint density at radius 2 is 0.681 bits per heavy atom. The zero-order chi connectivity index (χ0) is 55.0. The van der Waals surface area contributed by atoms with Gasteiger partial charge in [-0.1, -0.05) is 238 Å². The molecule has 0 aliphatic carbocycles. The van der Waals surface area contributed by atoms with Gasteiger partial charge in [0.25, 0.3) is 0 Å². The van der Waals surface area contributed by atoms with E-state index in [1.165, 1.54) is 33.2 Å². The Morgan fingerprint density at radius 3 is 0.986 bits per heavy atom. The van der Waals surface area contributed by atoms with Gasteiger partial charge >= 0.3 is 0 Å². The first-order valence-corrected chi connectivity index (χ1v) is 28.1. The van der Waals surface area contributed by atoms with Gasteiger partial charge in [-0.2, -0.15) is 0 Å². The third kappa shape index (κ3) is 34.2. The molecule has 6 nitrogen and oxygen atoms in total. The summed E-state index contributed by atoms with van der Waals surface area (Å²) in [6, 6.07) is 17.1. The smallest absolute Gasteiger partial charge is 0.131 e. The van der Waals surface area contributed by atoms with Gasteiger partial charge < -0.3 is 0 Å². The first kappa shape index (κ1) is 74.1. The van der Waals surface area contributed by atoms with Crippen LogP contribution in [0.25, 0.3) is 0 Å². The molecule has 0 saturated heterocycles. The van der Waals surface area contributed by atoms with Gasteiger partial charge in [-0.3, -0.25) is 15.0 Å². The predicted molar refractivity (Wildman–Crippen MR) is 314 cm³/mol. The average molecular weight is 974 g/mol. The molecule has 4 heterocycles. The number of thiazole rings is 1. The van der Waals surface area contributed by atoms with E-state index in [2.05, 4.69) is 216 Å². The summed E-state index contributed by atoms with van der Waals surface area (Å²) >= 11 is 1.77. The summed E-state index contributed by atoms with van der Waals surface area (Å²) < 4.78 is 0. The number of aromatic nitrogens is 6. The maximum atomic E-state index is 4.57. The molecule has 396 valence electrons. The predicted octanol–water partition coefficient (Wildman–Crippen LogP) is 21.2. The fourth-order valence-corrected chi connectivity index (χ4v) is 6.16. The fourth-order valence-electron chi connectivity index (χ4n) is 5.16. The summed E-state index contributed by atoms with van der Waals surface area (Å²) in [6.45, 7) is 63.4. The Morgan fingerprint density at radius 1 is 0.333 bits per heavy atom. The summed E-state index contributed by atoms with van der Waals surface area (Å²) in [5.41, 5.74) is 9.82. The van der Waals surface area contributed by atoms with Crippen molar-refractivity contribution in [3.8, 4) is 0 Å². The monoisotopic (exact) mass is 973 g/mol. The molecular weight excluding hydrogens is 861 g/mol. The van der Waals surface area contributed by atoms with E-state index in [1.54, 1.807) is 11.3 Å². The molecule has 0 saturated carbocycles. The number of nitrogens with zero attached hydrogens (tertiary/aromatic N) is 6. The normalized spacial score (nSPS) is 10.0. The minimum Gasteiger partial charge on any atom is -0.261 e. The van der Waals surface area contributed by atoms with Crippen LogP contribution in [0.5, 0.6) is 0 Å². The van der Waals surface area contributed by atoms with Crippen molar-refractivity contribution >= 4 is 11.3 Å². The number of hydrogen-bond donors (Lipinski definition) is 0. The van der Waals surface area contributed by atoms with Gasteiger partial charge in [0.1, 0.15) is 5.82 Å². The lowest BCUT2D eigenvalue weighted by molar-refractivity contribution is 0.729. The minimum atomic E-state index is 0.420. The summed E-state index contributed by atoms with van der Waals surface area (Å²) in [6.07, 6.45) is 5.53. The molecule has 1 aromatic carbocycles. The number of hydrogen-bond acceptors (Lipinski definition) is 7. The van der Waals surface area contributed by atoms with Crippen LogP contribution in [0.4, 0.5) is 0 Å². The highest BCUT2D eigenvalue weighted by Gasteiger charge is 2.09. The quantitative estimate of drug-likeness (QED) is 0.139.